The highest BCUT2D eigenvalue weighted by Gasteiger charge is 2.03. The molecule has 0 atom stereocenters. The summed E-state index contributed by atoms with van der Waals surface area (Å²) >= 11 is 0. The molecule has 0 bridgehead atoms. The van der Waals surface area contributed by atoms with Crippen LogP contribution < -0.4 is 5.32 Å². The van der Waals surface area contributed by atoms with Crippen LogP contribution in [-0.2, 0) is 4.79 Å². The highest BCUT2D eigenvalue weighted by atomic mass is 16.1. The van der Waals surface area contributed by atoms with Gasteiger partial charge in [-0.3, -0.25) is 4.79 Å². The average Bonchev–Trinajstić information content (AvgIpc) is 2.55. The Morgan fingerprint density at radius 1 is 0.826 bits per heavy atom. The first-order chi connectivity index (χ1) is 11.2. The summed E-state index contributed by atoms with van der Waals surface area (Å²) in [7, 11) is 0. The molecule has 0 unspecified atom stereocenters. The first kappa shape index (κ1) is 14.9. The summed E-state index contributed by atoms with van der Waals surface area (Å²) in [4.78, 5) is 10.5. The van der Waals surface area contributed by atoms with Gasteiger partial charge in [0.1, 0.15) is 0 Å². The summed E-state index contributed by atoms with van der Waals surface area (Å²) in [6.07, 6.45) is 0.645. The fraction of sp³-hybridized carbons (Fsp3) is 0.105. The number of aryl methyl sites for hydroxylation is 2. The van der Waals surface area contributed by atoms with Crippen molar-refractivity contribution in [2.24, 2.45) is 10.2 Å². The molecule has 0 aliphatic heterocycles. The van der Waals surface area contributed by atoms with Crippen molar-refractivity contribution in [3.05, 3.63) is 65.7 Å². The Bertz CT molecular complexity index is 900. The van der Waals surface area contributed by atoms with Gasteiger partial charge in [-0.15, -0.1) is 0 Å². The normalized spacial score (nSPS) is 11.0. The van der Waals surface area contributed by atoms with Crippen molar-refractivity contribution in [1.82, 2.24) is 0 Å². The maximum absolute atomic E-state index is 10.5. The van der Waals surface area contributed by atoms with Gasteiger partial charge in [-0.1, -0.05) is 24.3 Å². The van der Waals surface area contributed by atoms with E-state index in [2.05, 4.69) is 53.7 Å². The van der Waals surface area contributed by atoms with Crippen LogP contribution in [0.25, 0.3) is 10.8 Å². The van der Waals surface area contributed by atoms with Crippen molar-refractivity contribution in [1.29, 1.82) is 0 Å². The van der Waals surface area contributed by atoms with Gasteiger partial charge >= 0.3 is 0 Å². The lowest BCUT2D eigenvalue weighted by atomic mass is 10.0. The van der Waals surface area contributed by atoms with Crippen molar-refractivity contribution in [2.45, 2.75) is 13.8 Å². The molecule has 114 valence electrons. The van der Waals surface area contributed by atoms with Gasteiger partial charge in [0.15, 0.2) is 0 Å². The van der Waals surface area contributed by atoms with Crippen molar-refractivity contribution in [3.63, 3.8) is 0 Å². The van der Waals surface area contributed by atoms with Crippen molar-refractivity contribution < 1.29 is 4.79 Å². The van der Waals surface area contributed by atoms with E-state index >= 15 is 0 Å². The average molecular weight is 303 g/mol. The molecule has 3 aromatic rings. The molecule has 0 fully saturated rings. The van der Waals surface area contributed by atoms with Gasteiger partial charge in [0.25, 0.3) is 0 Å². The van der Waals surface area contributed by atoms with Gasteiger partial charge in [-0.25, -0.2) is 0 Å². The monoisotopic (exact) mass is 303 g/mol. The van der Waals surface area contributed by atoms with Gasteiger partial charge in [0.05, 0.1) is 11.4 Å². The van der Waals surface area contributed by atoms with E-state index in [1.807, 2.05) is 18.2 Å². The van der Waals surface area contributed by atoms with Gasteiger partial charge in [0, 0.05) is 5.69 Å². The Morgan fingerprint density at radius 3 is 2.43 bits per heavy atom. The highest BCUT2D eigenvalue weighted by Crippen LogP contribution is 2.29. The molecule has 4 heteroatoms. The third-order valence-corrected chi connectivity index (χ3v) is 3.76. The number of amides is 1. The maximum Gasteiger partial charge on any atom is 0.211 e. The zero-order valence-corrected chi connectivity index (χ0v) is 13.1. The number of carbonyl (C=O) groups excluding carboxylic acids is 1. The van der Waals surface area contributed by atoms with Crippen LogP contribution >= 0.6 is 0 Å². The molecule has 23 heavy (non-hydrogen) atoms. The number of nitrogens with zero attached hydrogens (tertiary/aromatic N) is 2. The fourth-order valence-electron chi connectivity index (χ4n) is 2.60. The van der Waals surface area contributed by atoms with E-state index in [1.165, 1.54) is 21.9 Å². The number of fused-ring (bicyclic) bond motifs is 1. The molecule has 0 heterocycles. The Morgan fingerprint density at radius 2 is 1.61 bits per heavy atom. The van der Waals surface area contributed by atoms with Gasteiger partial charge in [0.2, 0.25) is 6.41 Å². The predicted octanol–water partition coefficient (Wildman–Crippen LogP) is 5.44. The molecule has 1 amide bonds. The predicted molar refractivity (Wildman–Crippen MR) is 93.7 cm³/mol. The van der Waals surface area contributed by atoms with Crippen molar-refractivity contribution in [3.8, 4) is 0 Å². The molecule has 3 aromatic carbocycles. The minimum atomic E-state index is 0.645. The molecule has 4 nitrogen and oxygen atoms in total. The third kappa shape index (κ3) is 3.26. The molecule has 0 saturated carbocycles. The van der Waals surface area contributed by atoms with Crippen LogP contribution in [0.4, 0.5) is 17.1 Å². The zero-order chi connectivity index (χ0) is 16.2. The van der Waals surface area contributed by atoms with E-state index in [9.17, 15) is 4.79 Å². The van der Waals surface area contributed by atoms with E-state index in [-0.39, 0.29) is 0 Å². The summed E-state index contributed by atoms with van der Waals surface area (Å²) in [5, 5.41) is 13.6. The summed E-state index contributed by atoms with van der Waals surface area (Å²) in [6.45, 7) is 4.17. The van der Waals surface area contributed by atoms with Gasteiger partial charge < -0.3 is 5.32 Å². The largest absolute Gasteiger partial charge is 0.329 e. The minimum absolute atomic E-state index is 0.645. The maximum atomic E-state index is 10.5. The van der Waals surface area contributed by atoms with Crippen LogP contribution in [0.15, 0.2) is 64.8 Å². The second-order valence-electron chi connectivity index (χ2n) is 5.45. The van der Waals surface area contributed by atoms with Crippen LogP contribution in [0.2, 0.25) is 0 Å². The van der Waals surface area contributed by atoms with Crippen LogP contribution in [0.5, 0.6) is 0 Å². The summed E-state index contributed by atoms with van der Waals surface area (Å²) in [6, 6.07) is 17.6. The van der Waals surface area contributed by atoms with Gasteiger partial charge in [-0.05, 0) is 66.1 Å². The Hall–Kier alpha value is -3.01. The van der Waals surface area contributed by atoms with E-state index < -0.39 is 0 Å². The van der Waals surface area contributed by atoms with Crippen LogP contribution in [0.3, 0.4) is 0 Å². The summed E-state index contributed by atoms with van der Waals surface area (Å²) in [5.74, 6) is 0. The number of anilines is 1. The number of carbonyl (C=O) groups is 1. The van der Waals surface area contributed by atoms with E-state index in [0.717, 1.165) is 5.69 Å². The lowest BCUT2D eigenvalue weighted by Gasteiger charge is -2.06. The lowest BCUT2D eigenvalue weighted by molar-refractivity contribution is -0.105. The zero-order valence-electron chi connectivity index (χ0n) is 13.1. The molecule has 3 rings (SSSR count). The van der Waals surface area contributed by atoms with E-state index in [4.69, 9.17) is 0 Å². The minimum Gasteiger partial charge on any atom is -0.329 e. The Balaban J connectivity index is 1.96. The fourth-order valence-corrected chi connectivity index (χ4v) is 2.60. The smallest absolute Gasteiger partial charge is 0.211 e. The number of azo groups is 1. The number of hydrogen-bond donors (Lipinski definition) is 1. The van der Waals surface area contributed by atoms with Crippen LogP contribution in [0.1, 0.15) is 11.1 Å². The van der Waals surface area contributed by atoms with Gasteiger partial charge in [-0.2, -0.15) is 10.2 Å². The first-order valence-electron chi connectivity index (χ1n) is 7.39. The molecule has 0 spiro atoms. The molecule has 1 N–H and O–H groups in total. The Labute approximate surface area is 134 Å². The number of hydrogen-bond acceptors (Lipinski definition) is 3. The number of rotatable bonds is 4. The molecular formula is C19H17N3O. The SMILES string of the molecule is Cc1cc(N=Nc2cccc(NC=O)c2)cc2c(C)cccc12. The second kappa shape index (κ2) is 6.40. The molecule has 0 radical (unpaired) electrons. The van der Waals surface area contributed by atoms with Crippen molar-refractivity contribution in [2.75, 3.05) is 5.32 Å². The van der Waals surface area contributed by atoms with Crippen LogP contribution in [-0.4, -0.2) is 6.41 Å². The van der Waals surface area contributed by atoms with E-state index in [1.54, 1.807) is 12.1 Å². The topological polar surface area (TPSA) is 53.8 Å². The Kier molecular flexibility index (Phi) is 4.15. The molecule has 0 aliphatic rings. The highest BCUT2D eigenvalue weighted by molar-refractivity contribution is 5.90. The number of nitrogens with one attached hydrogen (secondary N) is 1. The third-order valence-electron chi connectivity index (χ3n) is 3.76. The van der Waals surface area contributed by atoms with Crippen molar-refractivity contribution >= 4 is 34.2 Å². The summed E-state index contributed by atoms with van der Waals surface area (Å²) < 4.78 is 0. The summed E-state index contributed by atoms with van der Waals surface area (Å²) in [5.41, 5.74) is 4.61. The lowest BCUT2D eigenvalue weighted by Crippen LogP contribution is -1.91. The molecule has 0 saturated heterocycles. The molecular weight excluding hydrogens is 286 g/mol. The first-order valence-corrected chi connectivity index (χ1v) is 7.39. The number of benzene rings is 3. The van der Waals surface area contributed by atoms with E-state index in [0.29, 0.717) is 17.8 Å². The standard InChI is InChI=1S/C19H17N3O/c1-13-5-3-8-18-14(2)9-17(11-19(13)18)22-21-16-7-4-6-15(10-16)20-12-23/h3-12H,1-2H3,(H,20,23). The quantitative estimate of drug-likeness (QED) is 0.506. The second-order valence-corrected chi connectivity index (χ2v) is 5.45. The molecule has 0 aliphatic carbocycles. The molecule has 0 aromatic heterocycles. The van der Waals surface area contributed by atoms with Crippen LogP contribution in [0, 0.1) is 13.8 Å².